The average molecular weight is 359 g/mol. The van der Waals surface area contributed by atoms with Crippen molar-refractivity contribution in [2.75, 3.05) is 26.2 Å². The van der Waals surface area contributed by atoms with Crippen molar-refractivity contribution in [2.45, 2.75) is 86.0 Å². The van der Waals surface area contributed by atoms with E-state index in [2.05, 4.69) is 12.2 Å². The second-order valence-corrected chi connectivity index (χ2v) is 5.95. The van der Waals surface area contributed by atoms with Crippen molar-refractivity contribution < 1.29 is 14.7 Å². The minimum Gasteiger partial charge on any atom is -0.396 e. The highest BCUT2D eigenvalue weighted by atomic mass is 16.3. The van der Waals surface area contributed by atoms with Crippen LogP contribution in [0.15, 0.2) is 0 Å². The van der Waals surface area contributed by atoms with Crippen LogP contribution in [-0.4, -0.2) is 48.1 Å². The smallest absolute Gasteiger partial charge is 0.241 e. The van der Waals surface area contributed by atoms with Crippen LogP contribution in [0.1, 0.15) is 86.0 Å². The van der Waals surface area contributed by atoms with Crippen molar-refractivity contribution in [1.82, 2.24) is 10.2 Å². The third kappa shape index (κ3) is 13.8. The molecule has 2 N–H and O–H groups in total. The van der Waals surface area contributed by atoms with Crippen LogP contribution in [0, 0.1) is 5.92 Å². The third-order valence-electron chi connectivity index (χ3n) is 4.17. The van der Waals surface area contributed by atoms with Gasteiger partial charge in [-0.2, -0.15) is 0 Å². The molecule has 0 bridgehead atoms. The number of hydrogen-bond donors (Lipinski definition) is 2. The molecule has 5 heteroatoms. The van der Waals surface area contributed by atoms with Crippen molar-refractivity contribution in [3.05, 3.63) is 0 Å². The van der Waals surface area contributed by atoms with E-state index in [1.54, 1.807) is 4.90 Å². The molecule has 1 aliphatic heterocycles. The number of amides is 2. The van der Waals surface area contributed by atoms with E-state index in [1.165, 1.54) is 19.3 Å². The lowest BCUT2D eigenvalue weighted by Gasteiger charge is -2.31. The molecule has 0 aromatic carbocycles. The van der Waals surface area contributed by atoms with Gasteiger partial charge in [-0.25, -0.2) is 0 Å². The topological polar surface area (TPSA) is 69.6 Å². The first-order valence-electron chi connectivity index (χ1n) is 10.3. The predicted octanol–water partition coefficient (Wildman–Crippen LogP) is 3.75. The van der Waals surface area contributed by atoms with Crippen LogP contribution in [0.2, 0.25) is 0 Å². The fourth-order valence-corrected chi connectivity index (χ4v) is 2.63. The Morgan fingerprint density at radius 1 is 1.00 bits per heavy atom. The third-order valence-corrected chi connectivity index (χ3v) is 4.17. The van der Waals surface area contributed by atoms with E-state index >= 15 is 0 Å². The van der Waals surface area contributed by atoms with E-state index < -0.39 is 0 Å². The molecule has 1 rings (SSSR count). The van der Waals surface area contributed by atoms with Crippen molar-refractivity contribution in [1.29, 1.82) is 0 Å². The van der Waals surface area contributed by atoms with Crippen LogP contribution in [0.4, 0.5) is 0 Å². The standard InChI is InChI=1S/C16H30N2O3.2C2H6/c1-2-3-4-5-6-7-15(20)17-12-16(21)18-10-8-14(13-19)9-11-18;2*1-2/h14,19H,2-13H2,1H3,(H,17,20);2*1-2H3. The summed E-state index contributed by atoms with van der Waals surface area (Å²) in [5.41, 5.74) is 0. The molecule has 0 saturated carbocycles. The maximum atomic E-state index is 12.0. The van der Waals surface area contributed by atoms with Gasteiger partial charge in [-0.3, -0.25) is 9.59 Å². The highest BCUT2D eigenvalue weighted by Gasteiger charge is 2.22. The van der Waals surface area contributed by atoms with Crippen LogP contribution in [-0.2, 0) is 9.59 Å². The number of nitrogens with one attached hydrogen (secondary N) is 1. The molecule has 1 aliphatic rings. The second-order valence-electron chi connectivity index (χ2n) is 5.95. The molecule has 0 radical (unpaired) electrons. The number of nitrogens with zero attached hydrogens (tertiary/aromatic N) is 1. The van der Waals surface area contributed by atoms with Gasteiger partial charge in [0.2, 0.25) is 11.8 Å². The number of piperidine rings is 1. The lowest BCUT2D eigenvalue weighted by molar-refractivity contribution is -0.134. The van der Waals surface area contributed by atoms with Crippen LogP contribution in [0.5, 0.6) is 0 Å². The number of carbonyl (C=O) groups excluding carboxylic acids is 2. The Kier molecular flexibility index (Phi) is 20.1. The first-order chi connectivity index (χ1) is 12.2. The normalized spacial score (nSPS) is 13.9. The number of unbranched alkanes of at least 4 members (excludes halogenated alkanes) is 4. The number of aliphatic hydroxyl groups is 1. The molecule has 1 fully saturated rings. The van der Waals surface area contributed by atoms with Gasteiger partial charge in [0.1, 0.15) is 0 Å². The molecule has 2 amide bonds. The van der Waals surface area contributed by atoms with E-state index in [9.17, 15) is 9.59 Å². The Morgan fingerprint density at radius 3 is 2.08 bits per heavy atom. The molecule has 0 unspecified atom stereocenters. The SMILES string of the molecule is CC.CC.CCCCCCCC(=O)NCC(=O)N1CCC(CO)CC1. The Balaban J connectivity index is 0. The minimum absolute atomic E-state index is 0.00859. The summed E-state index contributed by atoms with van der Waals surface area (Å²) in [5.74, 6) is 0.294. The summed E-state index contributed by atoms with van der Waals surface area (Å²) in [5, 5.41) is 11.8. The lowest BCUT2D eigenvalue weighted by atomic mass is 9.98. The molecular weight excluding hydrogens is 316 g/mol. The van der Waals surface area contributed by atoms with E-state index in [0.717, 1.165) is 25.7 Å². The van der Waals surface area contributed by atoms with Crippen molar-refractivity contribution in [3.63, 3.8) is 0 Å². The van der Waals surface area contributed by atoms with Crippen molar-refractivity contribution >= 4 is 11.8 Å². The Morgan fingerprint density at radius 2 is 1.56 bits per heavy atom. The summed E-state index contributed by atoms with van der Waals surface area (Å²) in [7, 11) is 0. The molecule has 0 aliphatic carbocycles. The highest BCUT2D eigenvalue weighted by Crippen LogP contribution is 2.16. The Bertz CT molecular complexity index is 314. The molecule has 5 nitrogen and oxygen atoms in total. The molecule has 1 saturated heterocycles. The molecule has 0 atom stereocenters. The maximum Gasteiger partial charge on any atom is 0.241 e. The number of hydrogen-bond acceptors (Lipinski definition) is 3. The van der Waals surface area contributed by atoms with Crippen LogP contribution in [0.25, 0.3) is 0 Å². The molecule has 150 valence electrons. The van der Waals surface area contributed by atoms with Gasteiger partial charge in [-0.15, -0.1) is 0 Å². The molecule has 25 heavy (non-hydrogen) atoms. The van der Waals surface area contributed by atoms with E-state index in [0.29, 0.717) is 25.4 Å². The van der Waals surface area contributed by atoms with E-state index in [4.69, 9.17) is 5.11 Å². The number of likely N-dealkylation sites (tertiary alicyclic amines) is 1. The molecule has 0 spiro atoms. The second kappa shape index (κ2) is 19.2. The summed E-state index contributed by atoms with van der Waals surface area (Å²) in [6.45, 7) is 11.9. The Labute approximate surface area is 155 Å². The van der Waals surface area contributed by atoms with Gasteiger partial charge < -0.3 is 15.3 Å². The first kappa shape index (κ1) is 26.1. The highest BCUT2D eigenvalue weighted by molar-refractivity contribution is 5.84. The van der Waals surface area contributed by atoms with Gasteiger partial charge in [0, 0.05) is 26.1 Å². The summed E-state index contributed by atoms with van der Waals surface area (Å²) >= 11 is 0. The van der Waals surface area contributed by atoms with Crippen molar-refractivity contribution in [3.8, 4) is 0 Å². The first-order valence-corrected chi connectivity index (χ1v) is 10.3. The van der Waals surface area contributed by atoms with Gasteiger partial charge in [0.25, 0.3) is 0 Å². The summed E-state index contributed by atoms with van der Waals surface area (Å²) in [6, 6.07) is 0. The van der Waals surface area contributed by atoms with Crippen LogP contribution >= 0.6 is 0 Å². The maximum absolute atomic E-state index is 12.0. The van der Waals surface area contributed by atoms with Crippen molar-refractivity contribution in [2.24, 2.45) is 5.92 Å². The minimum atomic E-state index is -0.0231. The zero-order chi connectivity index (χ0) is 19.5. The zero-order valence-corrected chi connectivity index (χ0v) is 17.3. The number of rotatable bonds is 9. The molecule has 0 aromatic rings. The van der Waals surface area contributed by atoms with Gasteiger partial charge in [-0.05, 0) is 25.2 Å². The molecule has 0 aromatic heterocycles. The summed E-state index contributed by atoms with van der Waals surface area (Å²) in [6.07, 6.45) is 7.83. The average Bonchev–Trinajstić information content (AvgIpc) is 2.69. The van der Waals surface area contributed by atoms with E-state index in [1.807, 2.05) is 27.7 Å². The van der Waals surface area contributed by atoms with Crippen LogP contribution < -0.4 is 5.32 Å². The van der Waals surface area contributed by atoms with Gasteiger partial charge in [0.15, 0.2) is 0 Å². The Hall–Kier alpha value is -1.10. The number of aliphatic hydroxyl groups excluding tert-OH is 1. The van der Waals surface area contributed by atoms with Gasteiger partial charge >= 0.3 is 0 Å². The van der Waals surface area contributed by atoms with E-state index in [-0.39, 0.29) is 25.0 Å². The largest absolute Gasteiger partial charge is 0.396 e. The quantitative estimate of drug-likeness (QED) is 0.617. The fourth-order valence-electron chi connectivity index (χ4n) is 2.63. The number of carbonyl (C=O) groups is 2. The predicted molar refractivity (Wildman–Crippen MR) is 105 cm³/mol. The molecular formula is C20H42N2O3. The van der Waals surface area contributed by atoms with Gasteiger partial charge in [0.05, 0.1) is 6.54 Å². The summed E-state index contributed by atoms with van der Waals surface area (Å²) in [4.78, 5) is 25.4. The summed E-state index contributed by atoms with van der Waals surface area (Å²) < 4.78 is 0. The fraction of sp³-hybridized carbons (Fsp3) is 0.900. The monoisotopic (exact) mass is 358 g/mol. The van der Waals surface area contributed by atoms with Gasteiger partial charge in [-0.1, -0.05) is 60.3 Å². The zero-order valence-electron chi connectivity index (χ0n) is 17.3. The molecule has 1 heterocycles. The van der Waals surface area contributed by atoms with Crippen LogP contribution in [0.3, 0.4) is 0 Å². The lowest BCUT2D eigenvalue weighted by Crippen LogP contribution is -2.44.